The van der Waals surface area contributed by atoms with E-state index in [1.165, 1.54) is 7.11 Å². The molecule has 6 heteroatoms. The van der Waals surface area contributed by atoms with Gasteiger partial charge in [-0.15, -0.1) is 0 Å². The van der Waals surface area contributed by atoms with Crippen LogP contribution in [0, 0.1) is 0 Å². The standard InChI is InChI=1S/C27H38N2O4/c1-6-19(18-26(30)32-5)20-10-15-24(29-16-8-9-25(29)27(3,4)31)23(17-20)28-21-11-13-22(14-12-21)33-7-2/h10-15,17,19,25,28,31H,6-9,16,18H2,1-5H3. The number of benzene rings is 2. The molecule has 180 valence electrons. The van der Waals surface area contributed by atoms with E-state index in [1.807, 2.05) is 45.0 Å². The van der Waals surface area contributed by atoms with Crippen molar-refractivity contribution in [3.05, 3.63) is 48.0 Å². The molecule has 2 aromatic carbocycles. The Bertz CT molecular complexity index is 921. The third kappa shape index (κ3) is 6.20. The summed E-state index contributed by atoms with van der Waals surface area (Å²) in [7, 11) is 1.43. The molecule has 2 aromatic rings. The summed E-state index contributed by atoms with van der Waals surface area (Å²) in [6, 6.07) is 14.3. The molecule has 1 aliphatic rings. The van der Waals surface area contributed by atoms with E-state index < -0.39 is 5.60 Å². The fourth-order valence-corrected chi connectivity index (χ4v) is 4.69. The highest BCUT2D eigenvalue weighted by molar-refractivity contribution is 5.78. The van der Waals surface area contributed by atoms with Crippen molar-refractivity contribution in [2.24, 2.45) is 0 Å². The highest BCUT2D eigenvalue weighted by atomic mass is 16.5. The molecule has 1 fully saturated rings. The van der Waals surface area contributed by atoms with Gasteiger partial charge in [-0.2, -0.15) is 0 Å². The quantitative estimate of drug-likeness (QED) is 0.454. The molecule has 0 spiro atoms. The lowest BCUT2D eigenvalue weighted by atomic mass is 9.91. The van der Waals surface area contributed by atoms with E-state index in [9.17, 15) is 9.90 Å². The van der Waals surface area contributed by atoms with Gasteiger partial charge in [0.15, 0.2) is 0 Å². The monoisotopic (exact) mass is 454 g/mol. The minimum absolute atomic E-state index is 0.0428. The van der Waals surface area contributed by atoms with Crippen LogP contribution in [0.15, 0.2) is 42.5 Å². The molecular formula is C27H38N2O4. The Hall–Kier alpha value is -2.73. The van der Waals surface area contributed by atoms with Gasteiger partial charge in [0.1, 0.15) is 5.75 Å². The lowest BCUT2D eigenvalue weighted by molar-refractivity contribution is -0.141. The molecular weight excluding hydrogens is 416 g/mol. The Morgan fingerprint density at radius 3 is 2.55 bits per heavy atom. The van der Waals surface area contributed by atoms with Gasteiger partial charge in [0.25, 0.3) is 0 Å². The number of carbonyl (C=O) groups excluding carboxylic acids is 1. The van der Waals surface area contributed by atoms with Crippen molar-refractivity contribution >= 4 is 23.0 Å². The van der Waals surface area contributed by atoms with Crippen molar-refractivity contribution in [1.82, 2.24) is 0 Å². The van der Waals surface area contributed by atoms with Gasteiger partial charge in [0.2, 0.25) is 0 Å². The van der Waals surface area contributed by atoms with Crippen molar-refractivity contribution < 1.29 is 19.4 Å². The predicted molar refractivity (Wildman–Crippen MR) is 134 cm³/mol. The predicted octanol–water partition coefficient (Wildman–Crippen LogP) is 5.63. The first-order valence-electron chi connectivity index (χ1n) is 12.0. The number of anilines is 3. The van der Waals surface area contributed by atoms with Crippen molar-refractivity contribution in [1.29, 1.82) is 0 Å². The average Bonchev–Trinajstić information content (AvgIpc) is 3.29. The molecule has 0 saturated carbocycles. The number of aliphatic hydroxyl groups is 1. The molecule has 0 amide bonds. The zero-order valence-electron chi connectivity index (χ0n) is 20.6. The number of carbonyl (C=O) groups is 1. The number of hydrogen-bond donors (Lipinski definition) is 2. The summed E-state index contributed by atoms with van der Waals surface area (Å²) in [4.78, 5) is 14.3. The van der Waals surface area contributed by atoms with Crippen LogP contribution in [0.25, 0.3) is 0 Å². The van der Waals surface area contributed by atoms with Crippen LogP contribution in [0.4, 0.5) is 17.1 Å². The van der Waals surface area contributed by atoms with E-state index in [4.69, 9.17) is 9.47 Å². The van der Waals surface area contributed by atoms with Gasteiger partial charge in [-0.1, -0.05) is 13.0 Å². The SMILES string of the molecule is CCOc1ccc(Nc2cc(C(CC)CC(=O)OC)ccc2N2CCCC2C(C)(C)O)cc1. The van der Waals surface area contributed by atoms with Gasteiger partial charge in [-0.05, 0) is 87.9 Å². The Morgan fingerprint density at radius 2 is 1.94 bits per heavy atom. The normalized spacial score (nSPS) is 17.0. The molecule has 33 heavy (non-hydrogen) atoms. The van der Waals surface area contributed by atoms with Crippen molar-refractivity contribution in [2.45, 2.75) is 70.9 Å². The first kappa shape index (κ1) is 24.9. The molecule has 0 aliphatic carbocycles. The van der Waals surface area contributed by atoms with Gasteiger partial charge in [-0.3, -0.25) is 4.79 Å². The molecule has 0 radical (unpaired) electrons. The zero-order valence-corrected chi connectivity index (χ0v) is 20.6. The van der Waals surface area contributed by atoms with Crippen LogP contribution in [-0.2, 0) is 9.53 Å². The highest BCUT2D eigenvalue weighted by Gasteiger charge is 2.37. The van der Waals surface area contributed by atoms with Gasteiger partial charge >= 0.3 is 5.97 Å². The smallest absolute Gasteiger partial charge is 0.306 e. The molecule has 2 unspecified atom stereocenters. The fraction of sp³-hybridized carbons (Fsp3) is 0.519. The van der Waals surface area contributed by atoms with E-state index in [-0.39, 0.29) is 17.9 Å². The Morgan fingerprint density at radius 1 is 1.21 bits per heavy atom. The number of ether oxygens (including phenoxy) is 2. The van der Waals surface area contributed by atoms with Gasteiger partial charge in [0.05, 0.1) is 43.2 Å². The van der Waals surface area contributed by atoms with Gasteiger partial charge < -0.3 is 24.8 Å². The first-order valence-corrected chi connectivity index (χ1v) is 12.0. The topological polar surface area (TPSA) is 71.0 Å². The highest BCUT2D eigenvalue weighted by Crippen LogP contribution is 2.39. The minimum atomic E-state index is -0.803. The van der Waals surface area contributed by atoms with Crippen LogP contribution in [0.2, 0.25) is 0 Å². The lowest BCUT2D eigenvalue weighted by Crippen LogP contribution is -2.46. The zero-order chi connectivity index (χ0) is 24.0. The number of rotatable bonds is 10. The Kier molecular flexibility index (Phi) is 8.25. The summed E-state index contributed by atoms with van der Waals surface area (Å²) in [5.41, 5.74) is 3.28. The maximum atomic E-state index is 12.0. The Labute approximate surface area is 197 Å². The van der Waals surface area contributed by atoms with E-state index >= 15 is 0 Å². The summed E-state index contributed by atoms with van der Waals surface area (Å²) in [5.74, 6) is 0.715. The molecule has 1 aliphatic heterocycles. The summed E-state index contributed by atoms with van der Waals surface area (Å²) in [5, 5.41) is 14.4. The van der Waals surface area contributed by atoms with E-state index in [0.29, 0.717) is 13.0 Å². The van der Waals surface area contributed by atoms with E-state index in [1.54, 1.807) is 0 Å². The van der Waals surface area contributed by atoms with Crippen LogP contribution in [-0.4, -0.2) is 43.0 Å². The van der Waals surface area contributed by atoms with Gasteiger partial charge in [0, 0.05) is 12.2 Å². The van der Waals surface area contributed by atoms with Gasteiger partial charge in [-0.25, -0.2) is 0 Å². The van der Waals surface area contributed by atoms with Crippen LogP contribution in [0.3, 0.4) is 0 Å². The second-order valence-corrected chi connectivity index (χ2v) is 9.25. The largest absolute Gasteiger partial charge is 0.494 e. The average molecular weight is 455 g/mol. The van der Waals surface area contributed by atoms with Crippen LogP contribution in [0.5, 0.6) is 5.75 Å². The number of methoxy groups -OCH3 is 1. The van der Waals surface area contributed by atoms with Crippen molar-refractivity contribution in [2.75, 3.05) is 30.5 Å². The number of nitrogens with one attached hydrogen (secondary N) is 1. The number of esters is 1. The van der Waals surface area contributed by atoms with Crippen LogP contribution < -0.4 is 15.0 Å². The molecule has 0 aromatic heterocycles. The molecule has 2 atom stereocenters. The maximum absolute atomic E-state index is 12.0. The third-order valence-electron chi connectivity index (χ3n) is 6.45. The second-order valence-electron chi connectivity index (χ2n) is 9.25. The third-order valence-corrected chi connectivity index (χ3v) is 6.45. The lowest BCUT2D eigenvalue weighted by Gasteiger charge is -2.36. The second kappa shape index (κ2) is 10.9. The fourth-order valence-electron chi connectivity index (χ4n) is 4.69. The molecule has 0 bridgehead atoms. The van der Waals surface area contributed by atoms with E-state index in [0.717, 1.165) is 54.2 Å². The summed E-state index contributed by atoms with van der Waals surface area (Å²) >= 11 is 0. The molecule has 6 nitrogen and oxygen atoms in total. The summed E-state index contributed by atoms with van der Waals surface area (Å²) < 4.78 is 10.5. The molecule has 1 heterocycles. The van der Waals surface area contributed by atoms with Crippen molar-refractivity contribution in [3.63, 3.8) is 0 Å². The maximum Gasteiger partial charge on any atom is 0.306 e. The van der Waals surface area contributed by atoms with Crippen LogP contribution in [0.1, 0.15) is 64.9 Å². The Balaban J connectivity index is 1.98. The van der Waals surface area contributed by atoms with E-state index in [2.05, 4.69) is 35.3 Å². The van der Waals surface area contributed by atoms with Crippen molar-refractivity contribution in [3.8, 4) is 5.75 Å². The van der Waals surface area contributed by atoms with Crippen LogP contribution >= 0.6 is 0 Å². The first-order chi connectivity index (χ1) is 15.8. The molecule has 2 N–H and O–H groups in total. The molecule has 3 rings (SSSR count). The summed E-state index contributed by atoms with van der Waals surface area (Å²) in [6.07, 6.45) is 3.18. The summed E-state index contributed by atoms with van der Waals surface area (Å²) in [6.45, 7) is 9.35. The minimum Gasteiger partial charge on any atom is -0.494 e. The molecule has 1 saturated heterocycles. The number of nitrogens with zero attached hydrogens (tertiary/aromatic N) is 1. The number of hydrogen-bond acceptors (Lipinski definition) is 6.